The van der Waals surface area contributed by atoms with Gasteiger partial charge in [0.05, 0.1) is 0 Å². The summed E-state index contributed by atoms with van der Waals surface area (Å²) < 4.78 is 0. The molecule has 0 aliphatic rings. The maximum absolute atomic E-state index is 11.6. The molecule has 2 amide bonds. The molecule has 5 N–H and O–H groups in total. The van der Waals surface area contributed by atoms with Crippen LogP contribution < -0.4 is 16.5 Å². The van der Waals surface area contributed by atoms with Crippen molar-refractivity contribution in [2.45, 2.75) is 38.5 Å². The van der Waals surface area contributed by atoms with E-state index in [1.165, 1.54) is 6.20 Å². The van der Waals surface area contributed by atoms with Gasteiger partial charge in [-0.15, -0.1) is 0 Å². The normalized spacial score (nSPS) is 10.1. The predicted molar refractivity (Wildman–Crippen MR) is 72.7 cm³/mol. The lowest BCUT2D eigenvalue weighted by Gasteiger charge is -2.04. The third-order valence-electron chi connectivity index (χ3n) is 2.62. The second-order valence-corrected chi connectivity index (χ2v) is 4.30. The van der Waals surface area contributed by atoms with Gasteiger partial charge in [-0.25, -0.2) is 10.5 Å². The molecule has 0 atom stereocenters. The van der Waals surface area contributed by atoms with Crippen LogP contribution in [0, 0.1) is 0 Å². The standard InChI is InChI=1S/C12H19N5O3/c13-12-14-8-7-9(16-12)15-10(18)5-3-1-2-4-6-11(19)17-20/h7-8,20H,1-6H2,(H,17,19)(H3,13,14,15,16,18). The maximum Gasteiger partial charge on any atom is 0.243 e. The van der Waals surface area contributed by atoms with E-state index in [-0.39, 0.29) is 17.8 Å². The van der Waals surface area contributed by atoms with E-state index in [9.17, 15) is 9.59 Å². The van der Waals surface area contributed by atoms with Gasteiger partial charge in [-0.1, -0.05) is 12.8 Å². The fourth-order valence-corrected chi connectivity index (χ4v) is 1.63. The topological polar surface area (TPSA) is 130 Å². The van der Waals surface area contributed by atoms with Crippen LogP contribution in [0.4, 0.5) is 11.8 Å². The summed E-state index contributed by atoms with van der Waals surface area (Å²) in [4.78, 5) is 29.9. The molecule has 110 valence electrons. The van der Waals surface area contributed by atoms with E-state index in [0.717, 1.165) is 19.3 Å². The quantitative estimate of drug-likeness (QED) is 0.317. The highest BCUT2D eigenvalue weighted by molar-refractivity contribution is 5.89. The molecule has 1 rings (SSSR count). The number of rotatable bonds is 8. The Labute approximate surface area is 116 Å². The van der Waals surface area contributed by atoms with E-state index in [2.05, 4.69) is 15.3 Å². The fourth-order valence-electron chi connectivity index (χ4n) is 1.63. The summed E-state index contributed by atoms with van der Waals surface area (Å²) in [5.74, 6) is -0.00706. The Bertz CT molecular complexity index is 452. The Hall–Kier alpha value is -2.22. The van der Waals surface area contributed by atoms with E-state index >= 15 is 0 Å². The van der Waals surface area contributed by atoms with Gasteiger partial charge in [-0.05, 0) is 18.9 Å². The minimum absolute atomic E-state index is 0.116. The summed E-state index contributed by atoms with van der Waals surface area (Å²) in [6.07, 6.45) is 5.26. The first kappa shape index (κ1) is 15.8. The van der Waals surface area contributed by atoms with Gasteiger partial charge < -0.3 is 11.1 Å². The molecule has 0 radical (unpaired) electrons. The van der Waals surface area contributed by atoms with E-state index in [4.69, 9.17) is 10.9 Å². The Morgan fingerprint density at radius 2 is 1.80 bits per heavy atom. The molecule has 1 heterocycles. The Morgan fingerprint density at radius 1 is 1.15 bits per heavy atom. The van der Waals surface area contributed by atoms with Crippen LogP contribution in [0.1, 0.15) is 38.5 Å². The van der Waals surface area contributed by atoms with Crippen LogP contribution in [0.25, 0.3) is 0 Å². The summed E-state index contributed by atoms with van der Waals surface area (Å²) in [5, 5.41) is 10.9. The molecule has 0 aliphatic heterocycles. The zero-order chi connectivity index (χ0) is 14.8. The number of hydroxylamine groups is 1. The van der Waals surface area contributed by atoms with Crippen molar-refractivity contribution in [2.75, 3.05) is 11.1 Å². The predicted octanol–water partition coefficient (Wildman–Crippen LogP) is 0.843. The molecule has 20 heavy (non-hydrogen) atoms. The van der Waals surface area contributed by atoms with E-state index in [1.807, 2.05) is 0 Å². The highest BCUT2D eigenvalue weighted by atomic mass is 16.5. The van der Waals surface area contributed by atoms with Crippen LogP contribution in [0.15, 0.2) is 12.3 Å². The van der Waals surface area contributed by atoms with Crippen LogP contribution >= 0.6 is 0 Å². The molecule has 0 spiro atoms. The second kappa shape index (κ2) is 8.81. The Morgan fingerprint density at radius 3 is 2.40 bits per heavy atom. The molecular formula is C12H19N5O3. The number of aromatic nitrogens is 2. The van der Waals surface area contributed by atoms with E-state index < -0.39 is 0 Å². The highest BCUT2D eigenvalue weighted by Crippen LogP contribution is 2.08. The van der Waals surface area contributed by atoms with E-state index in [0.29, 0.717) is 25.1 Å². The number of nitrogens with zero attached hydrogens (tertiary/aromatic N) is 2. The Balaban J connectivity index is 2.10. The molecule has 0 saturated heterocycles. The van der Waals surface area contributed by atoms with E-state index in [1.54, 1.807) is 11.5 Å². The lowest BCUT2D eigenvalue weighted by Crippen LogP contribution is -2.17. The molecule has 0 aromatic carbocycles. The van der Waals surface area contributed by atoms with Gasteiger partial charge in [0, 0.05) is 19.0 Å². The first-order chi connectivity index (χ1) is 9.61. The number of unbranched alkanes of at least 4 members (excludes halogenated alkanes) is 3. The van der Waals surface area contributed by atoms with Crippen molar-refractivity contribution in [2.24, 2.45) is 0 Å². The molecule has 0 unspecified atom stereocenters. The lowest BCUT2D eigenvalue weighted by molar-refractivity contribution is -0.129. The van der Waals surface area contributed by atoms with Crippen LogP contribution in [-0.2, 0) is 9.59 Å². The molecule has 0 saturated carbocycles. The summed E-state index contributed by atoms with van der Waals surface area (Å²) in [5.41, 5.74) is 6.98. The van der Waals surface area contributed by atoms with Crippen LogP contribution in [0.5, 0.6) is 0 Å². The number of nitrogens with one attached hydrogen (secondary N) is 2. The van der Waals surface area contributed by atoms with Gasteiger partial charge in [0.15, 0.2) is 0 Å². The minimum Gasteiger partial charge on any atom is -0.368 e. The van der Waals surface area contributed by atoms with Crippen molar-refractivity contribution in [1.82, 2.24) is 15.4 Å². The number of hydrogen-bond donors (Lipinski definition) is 4. The smallest absolute Gasteiger partial charge is 0.243 e. The zero-order valence-corrected chi connectivity index (χ0v) is 11.1. The largest absolute Gasteiger partial charge is 0.368 e. The van der Waals surface area contributed by atoms with Gasteiger partial charge in [-0.2, -0.15) is 4.98 Å². The van der Waals surface area contributed by atoms with Crippen molar-refractivity contribution >= 4 is 23.6 Å². The maximum atomic E-state index is 11.6. The van der Waals surface area contributed by atoms with Gasteiger partial charge in [0.1, 0.15) is 5.82 Å². The molecule has 8 heteroatoms. The zero-order valence-electron chi connectivity index (χ0n) is 11.1. The lowest BCUT2D eigenvalue weighted by atomic mass is 10.1. The summed E-state index contributed by atoms with van der Waals surface area (Å²) in [6.45, 7) is 0. The third kappa shape index (κ3) is 6.64. The van der Waals surface area contributed by atoms with Crippen molar-refractivity contribution in [3.05, 3.63) is 12.3 Å². The SMILES string of the molecule is Nc1nccc(NC(=O)CCCCCCC(=O)NO)n1. The molecule has 0 bridgehead atoms. The fraction of sp³-hybridized carbons (Fsp3) is 0.500. The molecule has 0 aliphatic carbocycles. The summed E-state index contributed by atoms with van der Waals surface area (Å²) >= 11 is 0. The third-order valence-corrected chi connectivity index (χ3v) is 2.62. The monoisotopic (exact) mass is 281 g/mol. The number of amides is 2. The van der Waals surface area contributed by atoms with Crippen molar-refractivity contribution < 1.29 is 14.8 Å². The minimum atomic E-state index is -0.385. The highest BCUT2D eigenvalue weighted by Gasteiger charge is 2.04. The number of carbonyl (C=O) groups is 2. The van der Waals surface area contributed by atoms with Gasteiger partial charge >= 0.3 is 0 Å². The molecular weight excluding hydrogens is 262 g/mol. The molecule has 1 aromatic heterocycles. The first-order valence-electron chi connectivity index (χ1n) is 6.43. The molecule has 0 fully saturated rings. The average molecular weight is 281 g/mol. The number of anilines is 2. The van der Waals surface area contributed by atoms with Crippen LogP contribution in [0.3, 0.4) is 0 Å². The van der Waals surface area contributed by atoms with Gasteiger partial charge in [-0.3, -0.25) is 14.8 Å². The van der Waals surface area contributed by atoms with Crippen molar-refractivity contribution in [3.8, 4) is 0 Å². The summed E-state index contributed by atoms with van der Waals surface area (Å²) in [7, 11) is 0. The number of nitrogens with two attached hydrogens (primary N) is 1. The Kier molecular flexibility index (Phi) is 6.97. The first-order valence-corrected chi connectivity index (χ1v) is 6.43. The number of nitrogen functional groups attached to an aromatic ring is 1. The van der Waals surface area contributed by atoms with Crippen molar-refractivity contribution in [3.63, 3.8) is 0 Å². The number of hydrogen-bond acceptors (Lipinski definition) is 6. The van der Waals surface area contributed by atoms with Crippen LogP contribution in [-0.4, -0.2) is 27.0 Å². The van der Waals surface area contributed by atoms with Crippen molar-refractivity contribution in [1.29, 1.82) is 0 Å². The van der Waals surface area contributed by atoms with Crippen LogP contribution in [0.2, 0.25) is 0 Å². The average Bonchev–Trinajstić information content (AvgIpc) is 2.42. The summed E-state index contributed by atoms with van der Waals surface area (Å²) in [6, 6.07) is 1.57. The molecule has 1 aromatic rings. The number of carbonyl (C=O) groups excluding carboxylic acids is 2. The second-order valence-electron chi connectivity index (χ2n) is 4.30. The molecule has 8 nitrogen and oxygen atoms in total. The van der Waals surface area contributed by atoms with Gasteiger partial charge in [0.2, 0.25) is 17.8 Å². The van der Waals surface area contributed by atoms with Gasteiger partial charge in [0.25, 0.3) is 0 Å².